The average Bonchev–Trinajstić information content (AvgIpc) is 2.28. The highest BCUT2D eigenvalue weighted by atomic mass is 16.5. The molecule has 84 valence electrons. The van der Waals surface area contributed by atoms with Gasteiger partial charge in [-0.15, -0.1) is 0 Å². The van der Waals surface area contributed by atoms with Crippen molar-refractivity contribution in [1.82, 2.24) is 0 Å². The quantitative estimate of drug-likeness (QED) is 0.602. The molecule has 1 aromatic rings. The van der Waals surface area contributed by atoms with Gasteiger partial charge in [-0.3, -0.25) is 4.79 Å². The van der Waals surface area contributed by atoms with Crippen LogP contribution in [0.2, 0.25) is 0 Å². The molecule has 0 unspecified atom stereocenters. The van der Waals surface area contributed by atoms with Crippen LogP contribution in [0.5, 0.6) is 0 Å². The lowest BCUT2D eigenvalue weighted by atomic mass is 10.0. The zero-order chi connectivity index (χ0) is 12.1. The molecule has 0 spiro atoms. The number of carbonyl (C=O) groups excluding carboxylic acids is 2. The number of carbonyl (C=O) groups is 2. The summed E-state index contributed by atoms with van der Waals surface area (Å²) in [5.74, 6) is -1.29. The summed E-state index contributed by atoms with van der Waals surface area (Å²) in [7, 11) is 1.23. The second kappa shape index (κ2) is 5.01. The van der Waals surface area contributed by atoms with E-state index in [1.165, 1.54) is 25.3 Å². The molecule has 1 aromatic carbocycles. The van der Waals surface area contributed by atoms with Crippen LogP contribution in [0.1, 0.15) is 26.3 Å². The number of nitrogens with zero attached hydrogens (tertiary/aromatic N) is 1. The van der Waals surface area contributed by atoms with Crippen molar-refractivity contribution in [3.63, 3.8) is 0 Å². The molecule has 0 saturated heterocycles. The number of rotatable bonds is 4. The van der Waals surface area contributed by atoms with Gasteiger partial charge in [-0.2, -0.15) is 4.91 Å². The van der Waals surface area contributed by atoms with E-state index in [1.54, 1.807) is 0 Å². The molecule has 0 radical (unpaired) electrons. The molecule has 0 heterocycles. The Morgan fingerprint density at radius 1 is 1.44 bits per heavy atom. The predicted molar refractivity (Wildman–Crippen MR) is 55.8 cm³/mol. The van der Waals surface area contributed by atoms with E-state index in [9.17, 15) is 14.5 Å². The highest BCUT2D eigenvalue weighted by molar-refractivity contribution is 5.98. The number of esters is 1. The number of nitroso groups, excluding NO2 is 1. The molecule has 0 fully saturated rings. The minimum Gasteiger partial charge on any atom is -0.465 e. The van der Waals surface area contributed by atoms with Gasteiger partial charge in [0.1, 0.15) is 6.54 Å². The lowest BCUT2D eigenvalue weighted by molar-refractivity contribution is 0.0600. The maximum Gasteiger partial charge on any atom is 0.337 e. The molecule has 6 heteroatoms. The van der Waals surface area contributed by atoms with E-state index in [4.69, 9.17) is 5.73 Å². The second-order valence-corrected chi connectivity index (χ2v) is 3.01. The van der Waals surface area contributed by atoms with Crippen LogP contribution in [-0.2, 0) is 11.3 Å². The fourth-order valence-corrected chi connectivity index (χ4v) is 1.26. The highest BCUT2D eigenvalue weighted by Gasteiger charge is 2.13. The molecule has 1 rings (SSSR count). The summed E-state index contributed by atoms with van der Waals surface area (Å²) in [5.41, 5.74) is 5.80. The van der Waals surface area contributed by atoms with Crippen LogP contribution >= 0.6 is 0 Å². The molecule has 0 aromatic heterocycles. The van der Waals surface area contributed by atoms with Crippen LogP contribution in [0.25, 0.3) is 0 Å². The summed E-state index contributed by atoms with van der Waals surface area (Å²) in [6, 6.07) is 4.18. The number of nitrogens with two attached hydrogens (primary N) is 1. The van der Waals surface area contributed by atoms with Gasteiger partial charge in [0.25, 0.3) is 0 Å². The molecule has 1 amide bonds. The number of amides is 1. The van der Waals surface area contributed by atoms with Gasteiger partial charge >= 0.3 is 5.97 Å². The summed E-state index contributed by atoms with van der Waals surface area (Å²) in [6.45, 7) is -0.167. The van der Waals surface area contributed by atoms with Gasteiger partial charge in [0.05, 0.1) is 12.7 Å². The van der Waals surface area contributed by atoms with Crippen LogP contribution in [0, 0.1) is 4.91 Å². The molecule has 0 saturated carbocycles. The van der Waals surface area contributed by atoms with Crippen LogP contribution < -0.4 is 5.73 Å². The van der Waals surface area contributed by atoms with Crippen LogP contribution in [0.15, 0.2) is 23.4 Å². The van der Waals surface area contributed by atoms with E-state index < -0.39 is 11.9 Å². The van der Waals surface area contributed by atoms with Gasteiger partial charge in [-0.05, 0) is 17.7 Å². The van der Waals surface area contributed by atoms with Crippen molar-refractivity contribution in [2.24, 2.45) is 10.9 Å². The third-order valence-electron chi connectivity index (χ3n) is 2.03. The fraction of sp³-hybridized carbons (Fsp3) is 0.200. The number of ether oxygens (including phenoxy) is 1. The second-order valence-electron chi connectivity index (χ2n) is 3.01. The summed E-state index contributed by atoms with van der Waals surface area (Å²) in [4.78, 5) is 32.4. The van der Waals surface area contributed by atoms with Gasteiger partial charge < -0.3 is 10.5 Å². The number of benzene rings is 1. The predicted octanol–water partition coefficient (Wildman–Crippen LogP) is 0.839. The van der Waals surface area contributed by atoms with E-state index in [2.05, 4.69) is 9.91 Å². The van der Waals surface area contributed by atoms with E-state index in [0.29, 0.717) is 5.56 Å². The maximum atomic E-state index is 11.2. The lowest BCUT2D eigenvalue weighted by Crippen LogP contribution is -2.15. The molecular weight excluding hydrogens is 212 g/mol. The Bertz CT molecular complexity index is 442. The Morgan fingerprint density at radius 3 is 2.62 bits per heavy atom. The molecule has 2 N–H and O–H groups in total. The first-order valence-electron chi connectivity index (χ1n) is 4.40. The number of primary amides is 1. The molecule has 0 aliphatic carbocycles. The smallest absolute Gasteiger partial charge is 0.337 e. The van der Waals surface area contributed by atoms with Gasteiger partial charge in [-0.25, -0.2) is 4.79 Å². The summed E-state index contributed by atoms with van der Waals surface area (Å²) >= 11 is 0. The van der Waals surface area contributed by atoms with Crippen molar-refractivity contribution in [1.29, 1.82) is 0 Å². The van der Waals surface area contributed by atoms with Crippen molar-refractivity contribution in [3.05, 3.63) is 39.8 Å². The highest BCUT2D eigenvalue weighted by Crippen LogP contribution is 2.13. The van der Waals surface area contributed by atoms with E-state index in [-0.39, 0.29) is 17.7 Å². The molecule has 0 atom stereocenters. The SMILES string of the molecule is COC(=O)c1ccc(CN=O)c(C(N)=O)c1. The zero-order valence-electron chi connectivity index (χ0n) is 8.60. The van der Waals surface area contributed by atoms with Gasteiger partial charge in [-0.1, -0.05) is 11.2 Å². The third-order valence-corrected chi connectivity index (χ3v) is 2.03. The average molecular weight is 222 g/mol. The third kappa shape index (κ3) is 2.41. The summed E-state index contributed by atoms with van der Waals surface area (Å²) in [5, 5.41) is 2.67. The lowest BCUT2D eigenvalue weighted by Gasteiger charge is -2.05. The van der Waals surface area contributed by atoms with Gasteiger partial charge in [0, 0.05) is 5.56 Å². The Balaban J connectivity index is 3.22. The van der Waals surface area contributed by atoms with E-state index >= 15 is 0 Å². The zero-order valence-corrected chi connectivity index (χ0v) is 8.60. The Labute approximate surface area is 91.4 Å². The van der Waals surface area contributed by atoms with Gasteiger partial charge in [0.15, 0.2) is 0 Å². The summed E-state index contributed by atoms with van der Waals surface area (Å²) < 4.78 is 4.49. The largest absolute Gasteiger partial charge is 0.465 e. The molecule has 0 bridgehead atoms. The van der Waals surface area contributed by atoms with Crippen LogP contribution in [0.3, 0.4) is 0 Å². The molecule has 16 heavy (non-hydrogen) atoms. The Kier molecular flexibility index (Phi) is 3.71. The van der Waals surface area contributed by atoms with Crippen molar-refractivity contribution in [2.75, 3.05) is 7.11 Å². The standard InChI is InChI=1S/C10H10N2O4/c1-16-10(14)6-2-3-7(5-12-15)8(4-6)9(11)13/h2-4H,5H2,1H3,(H2,11,13). The topological polar surface area (TPSA) is 98.8 Å². The number of methoxy groups -OCH3 is 1. The minimum atomic E-state index is -0.718. The molecule has 6 nitrogen and oxygen atoms in total. The first kappa shape index (κ1) is 11.8. The van der Waals surface area contributed by atoms with E-state index in [0.717, 1.165) is 0 Å². The van der Waals surface area contributed by atoms with Crippen molar-refractivity contribution < 1.29 is 14.3 Å². The Hall–Kier alpha value is -2.24. The Morgan fingerprint density at radius 2 is 2.12 bits per heavy atom. The van der Waals surface area contributed by atoms with E-state index in [1.807, 2.05) is 0 Å². The van der Waals surface area contributed by atoms with Crippen LogP contribution in [-0.4, -0.2) is 19.0 Å². The number of hydrogen-bond donors (Lipinski definition) is 1. The minimum absolute atomic E-state index is 0.0995. The fourth-order valence-electron chi connectivity index (χ4n) is 1.26. The number of hydrogen-bond acceptors (Lipinski definition) is 5. The van der Waals surface area contributed by atoms with Crippen LogP contribution in [0.4, 0.5) is 0 Å². The molecular formula is C10H10N2O4. The van der Waals surface area contributed by atoms with Crippen molar-refractivity contribution in [3.8, 4) is 0 Å². The summed E-state index contributed by atoms with van der Waals surface area (Å²) in [6.07, 6.45) is 0. The van der Waals surface area contributed by atoms with Crippen molar-refractivity contribution in [2.45, 2.75) is 6.54 Å². The first-order valence-corrected chi connectivity index (χ1v) is 4.40. The first-order chi connectivity index (χ1) is 7.60. The van der Waals surface area contributed by atoms with Crippen molar-refractivity contribution >= 4 is 11.9 Å². The monoisotopic (exact) mass is 222 g/mol. The molecule has 0 aliphatic heterocycles. The molecule has 0 aliphatic rings. The van der Waals surface area contributed by atoms with Gasteiger partial charge in [0.2, 0.25) is 5.91 Å². The normalized spacial score (nSPS) is 9.56. The maximum absolute atomic E-state index is 11.2.